The molecule has 17 heavy (non-hydrogen) atoms. The molecule has 1 nitrogen and oxygen atoms in total. The smallest absolute Gasteiger partial charge is 0.206 e. The van der Waals surface area contributed by atoms with Gasteiger partial charge >= 0.3 is 0 Å². The van der Waals surface area contributed by atoms with Crippen molar-refractivity contribution < 1.29 is 0 Å². The molecule has 2 aromatic carbocycles. The Labute approximate surface area is 103 Å². The molecule has 2 aromatic rings. The number of hydrogen-bond donors (Lipinski definition) is 0. The van der Waals surface area contributed by atoms with Crippen molar-refractivity contribution in [1.82, 2.24) is 0 Å². The zero-order valence-corrected chi connectivity index (χ0v) is 10.9. The van der Waals surface area contributed by atoms with Crippen LogP contribution in [0, 0.1) is 11.0 Å². The van der Waals surface area contributed by atoms with E-state index >= 15 is 0 Å². The molecule has 0 N–H and O–H groups in total. The van der Waals surface area contributed by atoms with Crippen LogP contribution in [0.4, 0.5) is 0 Å². The molecule has 2 rings (SSSR count). The summed E-state index contributed by atoms with van der Waals surface area (Å²) in [5, 5.41) is 12.1. The van der Waals surface area contributed by atoms with E-state index in [0.29, 0.717) is 0 Å². The molecule has 0 aliphatic rings. The third-order valence-corrected chi connectivity index (χ3v) is 7.33. The van der Waals surface area contributed by atoms with Crippen molar-refractivity contribution in [2.45, 2.75) is 13.0 Å². The van der Waals surface area contributed by atoms with Crippen LogP contribution in [0.5, 0.6) is 0 Å². The minimum atomic E-state index is -2.19. The fourth-order valence-corrected chi connectivity index (χ4v) is 5.32. The highest BCUT2D eigenvalue weighted by atomic mass is 28.3. The van der Waals surface area contributed by atoms with Gasteiger partial charge in [-0.3, -0.25) is 0 Å². The maximum Gasteiger partial charge on any atom is 0.234 e. The second-order valence-electron chi connectivity index (χ2n) is 4.10. The van der Waals surface area contributed by atoms with Gasteiger partial charge in [-0.2, -0.15) is 0 Å². The maximum atomic E-state index is 9.70. The Hall–Kier alpha value is -1.85. The molecule has 0 saturated carbocycles. The van der Waals surface area contributed by atoms with Crippen LogP contribution in [-0.4, -0.2) is 8.07 Å². The van der Waals surface area contributed by atoms with Gasteiger partial charge in [0.25, 0.3) is 0 Å². The van der Waals surface area contributed by atoms with Crippen LogP contribution in [0.15, 0.2) is 60.7 Å². The molecule has 0 amide bonds. The molecular formula is C15H15NSi. The number of nitrogens with zero attached hydrogens (tertiary/aromatic N) is 1. The van der Waals surface area contributed by atoms with Crippen LogP contribution in [-0.2, 0) is 0 Å². The zero-order chi connectivity index (χ0) is 12.1. The van der Waals surface area contributed by atoms with Crippen molar-refractivity contribution in [2.24, 2.45) is 0 Å². The standard InChI is InChI=1S/C15H15NSi/c1-2-17(13-16,14-9-5-3-6-10-14)15-11-7-4-8-12-15/h3-12H,2H2,1H3. The van der Waals surface area contributed by atoms with Gasteiger partial charge in [-0.05, 0) is 16.4 Å². The lowest BCUT2D eigenvalue weighted by atomic mass is 10.4. The summed E-state index contributed by atoms with van der Waals surface area (Å²) in [5.41, 5.74) is 2.64. The molecule has 2 heteroatoms. The van der Waals surface area contributed by atoms with E-state index in [1.54, 1.807) is 0 Å². The highest BCUT2D eigenvalue weighted by Gasteiger charge is 2.36. The Morgan fingerprint density at radius 3 is 1.59 bits per heavy atom. The molecule has 0 saturated heterocycles. The summed E-state index contributed by atoms with van der Waals surface area (Å²) in [6.07, 6.45) is 0. The predicted molar refractivity (Wildman–Crippen MR) is 74.0 cm³/mol. The minimum Gasteiger partial charge on any atom is -0.206 e. The molecule has 0 fully saturated rings. The molecule has 0 atom stereocenters. The van der Waals surface area contributed by atoms with Gasteiger partial charge in [0.1, 0.15) is 0 Å². The topological polar surface area (TPSA) is 23.8 Å². The Bertz CT molecular complexity index is 474. The van der Waals surface area contributed by atoms with Gasteiger partial charge in [0.05, 0.1) is 0 Å². The first-order valence-electron chi connectivity index (χ1n) is 5.86. The molecular weight excluding hydrogens is 222 g/mol. The number of benzene rings is 2. The molecule has 0 radical (unpaired) electrons. The van der Waals surface area contributed by atoms with Crippen molar-refractivity contribution in [1.29, 1.82) is 5.26 Å². The average molecular weight is 237 g/mol. The quantitative estimate of drug-likeness (QED) is 0.752. The van der Waals surface area contributed by atoms with Crippen LogP contribution < -0.4 is 10.4 Å². The molecule has 0 aromatic heterocycles. The Morgan fingerprint density at radius 2 is 1.29 bits per heavy atom. The Morgan fingerprint density at radius 1 is 0.882 bits per heavy atom. The van der Waals surface area contributed by atoms with Gasteiger partial charge in [-0.15, -0.1) is 0 Å². The highest BCUT2D eigenvalue weighted by Crippen LogP contribution is 2.09. The minimum absolute atomic E-state index is 0.914. The number of rotatable bonds is 3. The molecule has 84 valence electrons. The van der Waals surface area contributed by atoms with E-state index in [2.05, 4.69) is 36.9 Å². The van der Waals surface area contributed by atoms with Crippen molar-refractivity contribution in [2.75, 3.05) is 0 Å². The summed E-state index contributed by atoms with van der Waals surface area (Å²) in [6.45, 7) is 2.12. The third-order valence-electron chi connectivity index (χ3n) is 3.25. The maximum absolute atomic E-state index is 9.70. The SMILES string of the molecule is CC[Si](C#N)(c1ccccc1)c1ccccc1. The van der Waals surface area contributed by atoms with Crippen LogP contribution in [0.25, 0.3) is 0 Å². The van der Waals surface area contributed by atoms with E-state index in [1.807, 2.05) is 36.4 Å². The largest absolute Gasteiger partial charge is 0.234 e. The van der Waals surface area contributed by atoms with Crippen molar-refractivity contribution in [3.63, 3.8) is 0 Å². The summed E-state index contributed by atoms with van der Waals surface area (Å²) in [4.78, 5) is 0. The van der Waals surface area contributed by atoms with Crippen LogP contribution in [0.3, 0.4) is 0 Å². The lowest BCUT2D eigenvalue weighted by Gasteiger charge is -2.23. The average Bonchev–Trinajstić information content (AvgIpc) is 2.43. The van der Waals surface area contributed by atoms with E-state index in [9.17, 15) is 5.26 Å². The second kappa shape index (κ2) is 4.99. The molecule has 0 spiro atoms. The summed E-state index contributed by atoms with van der Waals surface area (Å²) in [5.74, 6) is 0. The second-order valence-corrected chi connectivity index (χ2v) is 8.00. The van der Waals surface area contributed by atoms with Crippen LogP contribution in [0.1, 0.15) is 6.92 Å². The van der Waals surface area contributed by atoms with Gasteiger partial charge in [-0.1, -0.05) is 67.6 Å². The lowest BCUT2D eigenvalue weighted by Crippen LogP contribution is -2.56. The zero-order valence-electron chi connectivity index (χ0n) is 9.93. The van der Waals surface area contributed by atoms with E-state index in [-0.39, 0.29) is 0 Å². The lowest BCUT2D eigenvalue weighted by molar-refractivity contribution is 1.39. The van der Waals surface area contributed by atoms with E-state index in [0.717, 1.165) is 6.04 Å². The molecule has 0 bridgehead atoms. The molecule has 0 heterocycles. The summed E-state index contributed by atoms with van der Waals surface area (Å²) in [7, 11) is -2.19. The van der Waals surface area contributed by atoms with Crippen LogP contribution >= 0.6 is 0 Å². The first-order valence-corrected chi connectivity index (χ1v) is 8.06. The molecule has 0 unspecified atom stereocenters. The van der Waals surface area contributed by atoms with Crippen molar-refractivity contribution in [3.05, 3.63) is 60.7 Å². The van der Waals surface area contributed by atoms with Crippen LogP contribution in [0.2, 0.25) is 6.04 Å². The van der Waals surface area contributed by atoms with Crippen molar-refractivity contribution in [3.8, 4) is 5.69 Å². The number of hydrogen-bond acceptors (Lipinski definition) is 1. The summed E-state index contributed by atoms with van der Waals surface area (Å²) >= 11 is 0. The fourth-order valence-electron chi connectivity index (χ4n) is 2.23. The van der Waals surface area contributed by atoms with Gasteiger partial charge < -0.3 is 0 Å². The van der Waals surface area contributed by atoms with E-state index < -0.39 is 8.07 Å². The monoisotopic (exact) mass is 237 g/mol. The Balaban J connectivity index is 2.60. The van der Waals surface area contributed by atoms with Gasteiger partial charge in [0.15, 0.2) is 0 Å². The van der Waals surface area contributed by atoms with E-state index in [1.165, 1.54) is 10.4 Å². The summed E-state index contributed by atoms with van der Waals surface area (Å²) < 4.78 is 0. The van der Waals surface area contributed by atoms with Gasteiger partial charge in [-0.25, -0.2) is 5.26 Å². The normalized spacial score (nSPS) is 10.8. The van der Waals surface area contributed by atoms with E-state index in [4.69, 9.17) is 0 Å². The third kappa shape index (κ3) is 2.02. The Kier molecular flexibility index (Phi) is 3.41. The number of nitriles is 1. The van der Waals surface area contributed by atoms with Gasteiger partial charge in [0, 0.05) is 5.69 Å². The molecule has 0 aliphatic heterocycles. The first kappa shape index (κ1) is 11.6. The van der Waals surface area contributed by atoms with Crippen molar-refractivity contribution >= 4 is 18.4 Å². The fraction of sp³-hybridized carbons (Fsp3) is 0.133. The summed E-state index contributed by atoms with van der Waals surface area (Å²) in [6, 6.07) is 21.4. The molecule has 0 aliphatic carbocycles. The highest BCUT2D eigenvalue weighted by molar-refractivity contribution is 7.07. The van der Waals surface area contributed by atoms with Gasteiger partial charge in [0.2, 0.25) is 8.07 Å². The predicted octanol–water partition coefficient (Wildman–Crippen LogP) is 2.33. The first-order chi connectivity index (χ1) is 8.33.